The number of benzene rings is 1. The third kappa shape index (κ3) is 3.30. The molecule has 68 valence electrons. The minimum absolute atomic E-state index is 0.228. The van der Waals surface area contributed by atoms with Crippen LogP contribution in [-0.2, 0) is 5.75 Å². The molecule has 0 aliphatic carbocycles. The van der Waals surface area contributed by atoms with Gasteiger partial charge in [-0.15, -0.1) is 18.2 Å². The van der Waals surface area contributed by atoms with Crippen LogP contribution in [0.4, 0.5) is 4.39 Å². The van der Waals surface area contributed by atoms with Gasteiger partial charge in [-0.2, -0.15) is 0 Å². The first kappa shape index (κ1) is 10.4. The molecule has 0 fully saturated rings. The van der Waals surface area contributed by atoms with E-state index in [-0.39, 0.29) is 5.82 Å². The first-order valence-electron chi connectivity index (χ1n) is 3.69. The first-order valence-corrected chi connectivity index (χ1v) is 5.22. The van der Waals surface area contributed by atoms with Crippen molar-refractivity contribution < 1.29 is 4.39 Å². The van der Waals surface area contributed by atoms with Gasteiger partial charge in [-0.3, -0.25) is 0 Å². The van der Waals surface area contributed by atoms with Crippen LogP contribution in [0.1, 0.15) is 5.56 Å². The van der Waals surface area contributed by atoms with Gasteiger partial charge >= 0.3 is 0 Å². The summed E-state index contributed by atoms with van der Waals surface area (Å²) in [5.74, 6) is 3.41. The quantitative estimate of drug-likeness (QED) is 0.549. The van der Waals surface area contributed by atoms with Crippen LogP contribution in [0.3, 0.4) is 0 Å². The van der Waals surface area contributed by atoms with E-state index in [0.717, 1.165) is 0 Å². The van der Waals surface area contributed by atoms with E-state index in [1.54, 1.807) is 6.07 Å². The van der Waals surface area contributed by atoms with Gasteiger partial charge in [0.25, 0.3) is 0 Å². The fraction of sp³-hybridized carbons (Fsp3) is 0.200. The Morgan fingerprint density at radius 1 is 1.54 bits per heavy atom. The molecule has 0 unspecified atom stereocenters. The van der Waals surface area contributed by atoms with Crippen molar-refractivity contribution in [3.8, 4) is 12.3 Å². The average molecular weight is 215 g/mol. The molecule has 0 heterocycles. The third-order valence-electron chi connectivity index (χ3n) is 1.45. The van der Waals surface area contributed by atoms with Gasteiger partial charge in [0.1, 0.15) is 5.82 Å². The highest BCUT2D eigenvalue weighted by Gasteiger charge is 2.01. The maximum atomic E-state index is 13.1. The summed E-state index contributed by atoms with van der Waals surface area (Å²) in [6.45, 7) is 0. The molecule has 1 aromatic rings. The molecule has 0 radical (unpaired) electrons. The van der Waals surface area contributed by atoms with Crippen LogP contribution in [0, 0.1) is 18.2 Å². The molecule has 13 heavy (non-hydrogen) atoms. The van der Waals surface area contributed by atoms with Gasteiger partial charge in [0.05, 0.1) is 5.75 Å². The van der Waals surface area contributed by atoms with Crippen molar-refractivity contribution in [2.24, 2.45) is 0 Å². The molecule has 0 N–H and O–H groups in total. The molecule has 0 saturated heterocycles. The van der Waals surface area contributed by atoms with Crippen LogP contribution in [0.2, 0.25) is 5.02 Å². The topological polar surface area (TPSA) is 0 Å². The molecule has 0 aromatic heterocycles. The first-order chi connectivity index (χ1) is 6.24. The lowest BCUT2D eigenvalue weighted by Crippen LogP contribution is -1.87. The Balaban J connectivity index is 2.65. The summed E-state index contributed by atoms with van der Waals surface area (Å²) in [4.78, 5) is 0. The lowest BCUT2D eigenvalue weighted by Gasteiger charge is -2.01. The maximum absolute atomic E-state index is 13.1. The molecule has 0 bridgehead atoms. The SMILES string of the molecule is C#CCSCc1cc(Cl)ccc1F. The Labute approximate surface area is 86.5 Å². The number of halogens is 2. The molecule has 3 heteroatoms. The Kier molecular flexibility index (Phi) is 4.14. The average Bonchev–Trinajstić information content (AvgIpc) is 2.11. The van der Waals surface area contributed by atoms with Gasteiger partial charge < -0.3 is 0 Å². The molecule has 1 aromatic carbocycles. The fourth-order valence-electron chi connectivity index (χ4n) is 0.874. The van der Waals surface area contributed by atoms with E-state index in [9.17, 15) is 4.39 Å². The minimum atomic E-state index is -0.228. The Bertz CT molecular complexity index is 330. The van der Waals surface area contributed by atoms with Crippen molar-refractivity contribution >= 4 is 23.4 Å². The molecule has 1 rings (SSSR count). The number of hydrogen-bond donors (Lipinski definition) is 0. The van der Waals surface area contributed by atoms with Crippen LogP contribution < -0.4 is 0 Å². The summed E-state index contributed by atoms with van der Waals surface area (Å²) >= 11 is 7.21. The van der Waals surface area contributed by atoms with Crippen molar-refractivity contribution in [2.75, 3.05) is 5.75 Å². The molecule has 0 aliphatic heterocycles. The van der Waals surface area contributed by atoms with Crippen molar-refractivity contribution in [1.29, 1.82) is 0 Å². The van der Waals surface area contributed by atoms with Crippen LogP contribution in [0.15, 0.2) is 18.2 Å². The van der Waals surface area contributed by atoms with Crippen LogP contribution in [-0.4, -0.2) is 5.75 Å². The normalized spacial score (nSPS) is 9.62. The van der Waals surface area contributed by atoms with Crippen molar-refractivity contribution in [3.05, 3.63) is 34.6 Å². The van der Waals surface area contributed by atoms with Crippen LogP contribution in [0.25, 0.3) is 0 Å². The zero-order valence-electron chi connectivity index (χ0n) is 6.89. The second-order valence-corrected chi connectivity index (χ2v) is 3.85. The van der Waals surface area contributed by atoms with Gasteiger partial charge in [-0.05, 0) is 23.8 Å². The molecule has 0 atom stereocenters. The zero-order valence-corrected chi connectivity index (χ0v) is 8.46. The molecule has 0 nitrogen and oxygen atoms in total. The van der Waals surface area contributed by atoms with E-state index >= 15 is 0 Å². The Hall–Kier alpha value is -0.650. The number of rotatable bonds is 3. The number of terminal acetylenes is 1. The van der Waals surface area contributed by atoms with Crippen LogP contribution in [0.5, 0.6) is 0 Å². The van der Waals surface area contributed by atoms with Crippen molar-refractivity contribution in [1.82, 2.24) is 0 Å². The fourth-order valence-corrected chi connectivity index (χ4v) is 1.73. The lowest BCUT2D eigenvalue weighted by atomic mass is 10.2. The van der Waals surface area contributed by atoms with Crippen molar-refractivity contribution in [3.63, 3.8) is 0 Å². The standard InChI is InChI=1S/C10H8ClFS/c1-2-5-13-7-8-6-9(11)3-4-10(8)12/h1,3-4,6H,5,7H2. The smallest absolute Gasteiger partial charge is 0.127 e. The third-order valence-corrected chi connectivity index (χ3v) is 2.57. The zero-order chi connectivity index (χ0) is 9.68. The summed E-state index contributed by atoms with van der Waals surface area (Å²) < 4.78 is 13.1. The maximum Gasteiger partial charge on any atom is 0.127 e. The highest BCUT2D eigenvalue weighted by Crippen LogP contribution is 2.19. The summed E-state index contributed by atoms with van der Waals surface area (Å²) in [6, 6.07) is 4.53. The highest BCUT2D eigenvalue weighted by atomic mass is 35.5. The Morgan fingerprint density at radius 2 is 2.31 bits per heavy atom. The van der Waals surface area contributed by atoms with E-state index < -0.39 is 0 Å². The lowest BCUT2D eigenvalue weighted by molar-refractivity contribution is 0.617. The summed E-state index contributed by atoms with van der Waals surface area (Å²) in [7, 11) is 0. The van der Waals surface area contributed by atoms with E-state index in [1.807, 2.05) is 0 Å². The molecular weight excluding hydrogens is 207 g/mol. The predicted molar refractivity (Wildman–Crippen MR) is 56.4 cm³/mol. The van der Waals surface area contributed by atoms with Gasteiger partial charge in [0.2, 0.25) is 0 Å². The molecule has 0 amide bonds. The summed E-state index contributed by atoms with van der Waals surface area (Å²) in [5, 5.41) is 0.553. The number of hydrogen-bond acceptors (Lipinski definition) is 1. The van der Waals surface area contributed by atoms with Gasteiger partial charge in [0.15, 0.2) is 0 Å². The van der Waals surface area contributed by atoms with Gasteiger partial charge in [-0.1, -0.05) is 17.5 Å². The largest absolute Gasteiger partial charge is 0.207 e. The second-order valence-electron chi connectivity index (χ2n) is 2.43. The van der Waals surface area contributed by atoms with Crippen LogP contribution >= 0.6 is 23.4 Å². The molecule has 0 aliphatic rings. The monoisotopic (exact) mass is 214 g/mol. The molecule has 0 saturated carbocycles. The molecular formula is C10H8ClFS. The minimum Gasteiger partial charge on any atom is -0.207 e. The van der Waals surface area contributed by atoms with Gasteiger partial charge in [0, 0.05) is 10.8 Å². The second kappa shape index (κ2) is 5.16. The van der Waals surface area contributed by atoms with E-state index in [0.29, 0.717) is 22.1 Å². The van der Waals surface area contributed by atoms with Crippen molar-refractivity contribution in [2.45, 2.75) is 5.75 Å². The van der Waals surface area contributed by atoms with E-state index in [2.05, 4.69) is 5.92 Å². The molecule has 0 spiro atoms. The predicted octanol–water partition coefficient (Wildman–Crippen LogP) is 3.35. The van der Waals surface area contributed by atoms with Gasteiger partial charge in [-0.25, -0.2) is 4.39 Å². The number of thioether (sulfide) groups is 1. The summed E-state index contributed by atoms with van der Waals surface area (Å²) in [5.41, 5.74) is 0.604. The summed E-state index contributed by atoms with van der Waals surface area (Å²) in [6.07, 6.45) is 5.07. The van der Waals surface area contributed by atoms with E-state index in [4.69, 9.17) is 18.0 Å². The van der Waals surface area contributed by atoms with E-state index in [1.165, 1.54) is 23.9 Å². The Morgan fingerprint density at radius 3 is 3.00 bits per heavy atom. The highest BCUT2D eigenvalue weighted by molar-refractivity contribution is 7.98.